The number of nitrogens with one attached hydrogen (secondary N) is 2. The Balaban J connectivity index is 1.41. The lowest BCUT2D eigenvalue weighted by atomic mass is 9.67. The molecule has 1 aliphatic carbocycles. The summed E-state index contributed by atoms with van der Waals surface area (Å²) in [4.78, 5) is 2.97. The number of hydrogen-bond acceptors (Lipinski definition) is 3. The van der Waals surface area contributed by atoms with E-state index in [1.807, 2.05) is 0 Å². The molecular weight excluding hydrogens is 246 g/mol. The summed E-state index contributed by atoms with van der Waals surface area (Å²) in [5.74, 6) is 0. The fourth-order valence-corrected chi connectivity index (χ4v) is 5.59. The predicted octanol–water partition coefficient (Wildman–Crippen LogP) is 2.13. The zero-order chi connectivity index (χ0) is 13.4. The van der Waals surface area contributed by atoms with Crippen molar-refractivity contribution >= 4 is 0 Å². The van der Waals surface area contributed by atoms with Gasteiger partial charge < -0.3 is 10.6 Å². The minimum Gasteiger partial charge on any atom is -0.317 e. The molecule has 0 aromatic heterocycles. The molecule has 1 spiro atoms. The molecule has 4 fully saturated rings. The molecule has 0 aromatic carbocycles. The van der Waals surface area contributed by atoms with Crippen LogP contribution < -0.4 is 10.6 Å². The summed E-state index contributed by atoms with van der Waals surface area (Å²) in [7, 11) is 0. The predicted molar refractivity (Wildman–Crippen MR) is 82.9 cm³/mol. The quantitative estimate of drug-likeness (QED) is 0.769. The van der Waals surface area contributed by atoms with Crippen LogP contribution in [0.4, 0.5) is 0 Å². The Labute approximate surface area is 123 Å². The minimum atomic E-state index is 0.727. The van der Waals surface area contributed by atoms with Crippen LogP contribution in [0.2, 0.25) is 0 Å². The van der Waals surface area contributed by atoms with Crippen molar-refractivity contribution in [3.63, 3.8) is 0 Å². The molecule has 3 nitrogen and oxygen atoms in total. The summed E-state index contributed by atoms with van der Waals surface area (Å²) in [6.45, 7) is 5.04. The molecular formula is C17H31N3. The van der Waals surface area contributed by atoms with Gasteiger partial charge in [-0.25, -0.2) is 0 Å². The summed E-state index contributed by atoms with van der Waals surface area (Å²) < 4.78 is 0. The Morgan fingerprint density at radius 3 is 2.15 bits per heavy atom. The first-order valence-corrected chi connectivity index (χ1v) is 9.05. The SMILES string of the molecule is C1CC2(CCN1)CCC(N1[C@H]3CCNC[C@@H]1CC3)CC2. The molecule has 3 heteroatoms. The van der Waals surface area contributed by atoms with E-state index in [1.165, 1.54) is 84.0 Å². The Morgan fingerprint density at radius 2 is 1.35 bits per heavy atom. The van der Waals surface area contributed by atoms with Gasteiger partial charge in [-0.15, -0.1) is 0 Å². The fraction of sp³-hybridized carbons (Fsp3) is 1.00. The lowest BCUT2D eigenvalue weighted by Crippen LogP contribution is -2.49. The normalized spacial score (nSPS) is 39.0. The third kappa shape index (κ3) is 2.42. The van der Waals surface area contributed by atoms with Crippen molar-refractivity contribution in [1.29, 1.82) is 0 Å². The topological polar surface area (TPSA) is 27.3 Å². The van der Waals surface area contributed by atoms with E-state index >= 15 is 0 Å². The zero-order valence-corrected chi connectivity index (χ0v) is 12.9. The Kier molecular flexibility index (Phi) is 3.78. The monoisotopic (exact) mass is 277 g/mol. The van der Waals surface area contributed by atoms with E-state index in [0.29, 0.717) is 0 Å². The molecule has 0 amide bonds. The van der Waals surface area contributed by atoms with Gasteiger partial charge in [0.05, 0.1) is 0 Å². The van der Waals surface area contributed by atoms with E-state index in [9.17, 15) is 0 Å². The molecule has 2 bridgehead atoms. The average Bonchev–Trinajstić information content (AvgIpc) is 2.74. The summed E-state index contributed by atoms with van der Waals surface area (Å²) >= 11 is 0. The maximum Gasteiger partial charge on any atom is 0.0227 e. The number of nitrogens with zero attached hydrogens (tertiary/aromatic N) is 1. The van der Waals surface area contributed by atoms with Crippen molar-refractivity contribution in [3.05, 3.63) is 0 Å². The maximum atomic E-state index is 3.65. The summed E-state index contributed by atoms with van der Waals surface area (Å²) in [5, 5.41) is 7.20. The van der Waals surface area contributed by atoms with Crippen molar-refractivity contribution in [3.8, 4) is 0 Å². The number of rotatable bonds is 1. The lowest BCUT2D eigenvalue weighted by Gasteiger charge is -2.47. The van der Waals surface area contributed by atoms with Crippen LogP contribution in [-0.2, 0) is 0 Å². The average molecular weight is 277 g/mol. The number of hydrogen-bond donors (Lipinski definition) is 2. The van der Waals surface area contributed by atoms with Crippen LogP contribution >= 0.6 is 0 Å². The molecule has 0 radical (unpaired) electrons. The lowest BCUT2D eigenvalue weighted by molar-refractivity contribution is 0.0433. The number of piperidine rings is 1. The Morgan fingerprint density at radius 1 is 0.650 bits per heavy atom. The van der Waals surface area contributed by atoms with Gasteiger partial charge in [-0.05, 0) is 82.8 Å². The molecule has 2 atom stereocenters. The second-order valence-electron chi connectivity index (χ2n) is 7.81. The van der Waals surface area contributed by atoms with Crippen LogP contribution in [0.15, 0.2) is 0 Å². The molecule has 0 aromatic rings. The van der Waals surface area contributed by atoms with Crippen molar-refractivity contribution < 1.29 is 0 Å². The molecule has 4 rings (SSSR count). The third-order valence-corrected chi connectivity index (χ3v) is 6.81. The van der Waals surface area contributed by atoms with Crippen LogP contribution in [0.3, 0.4) is 0 Å². The van der Waals surface area contributed by atoms with Gasteiger partial charge >= 0.3 is 0 Å². The van der Waals surface area contributed by atoms with Gasteiger partial charge in [0.2, 0.25) is 0 Å². The van der Waals surface area contributed by atoms with Gasteiger partial charge in [-0.1, -0.05) is 0 Å². The molecule has 0 unspecified atom stereocenters. The zero-order valence-electron chi connectivity index (χ0n) is 12.9. The van der Waals surface area contributed by atoms with E-state index in [2.05, 4.69) is 15.5 Å². The smallest absolute Gasteiger partial charge is 0.0227 e. The summed E-state index contributed by atoms with van der Waals surface area (Å²) in [5.41, 5.74) is 0.727. The summed E-state index contributed by atoms with van der Waals surface area (Å²) in [6.07, 6.45) is 13.1. The second kappa shape index (κ2) is 5.58. The first-order chi connectivity index (χ1) is 9.86. The van der Waals surface area contributed by atoms with Crippen LogP contribution in [-0.4, -0.2) is 49.2 Å². The van der Waals surface area contributed by atoms with Gasteiger partial charge in [-0.2, -0.15) is 0 Å². The van der Waals surface area contributed by atoms with E-state index in [0.717, 1.165) is 23.5 Å². The van der Waals surface area contributed by atoms with Gasteiger partial charge in [-0.3, -0.25) is 4.90 Å². The highest BCUT2D eigenvalue weighted by molar-refractivity contribution is 4.99. The second-order valence-corrected chi connectivity index (χ2v) is 7.81. The van der Waals surface area contributed by atoms with Crippen molar-refractivity contribution in [2.45, 2.75) is 75.9 Å². The molecule has 3 saturated heterocycles. The van der Waals surface area contributed by atoms with Gasteiger partial charge in [0, 0.05) is 24.7 Å². The first-order valence-electron chi connectivity index (χ1n) is 9.05. The molecule has 3 aliphatic heterocycles. The van der Waals surface area contributed by atoms with Crippen LogP contribution in [0.5, 0.6) is 0 Å². The Hall–Kier alpha value is -0.120. The third-order valence-electron chi connectivity index (χ3n) is 6.81. The molecule has 2 N–H and O–H groups in total. The minimum absolute atomic E-state index is 0.727. The van der Waals surface area contributed by atoms with E-state index in [4.69, 9.17) is 0 Å². The van der Waals surface area contributed by atoms with Crippen LogP contribution in [0, 0.1) is 5.41 Å². The molecule has 1 saturated carbocycles. The van der Waals surface area contributed by atoms with E-state index in [-0.39, 0.29) is 0 Å². The highest BCUT2D eigenvalue weighted by atomic mass is 15.3. The van der Waals surface area contributed by atoms with Crippen LogP contribution in [0.1, 0.15) is 57.8 Å². The fourth-order valence-electron chi connectivity index (χ4n) is 5.59. The summed E-state index contributed by atoms with van der Waals surface area (Å²) in [6, 6.07) is 2.67. The van der Waals surface area contributed by atoms with E-state index < -0.39 is 0 Å². The molecule has 114 valence electrons. The first kappa shape index (κ1) is 13.5. The van der Waals surface area contributed by atoms with Gasteiger partial charge in [0.15, 0.2) is 0 Å². The highest BCUT2D eigenvalue weighted by Gasteiger charge is 2.43. The van der Waals surface area contributed by atoms with Gasteiger partial charge in [0.1, 0.15) is 0 Å². The van der Waals surface area contributed by atoms with Crippen molar-refractivity contribution in [1.82, 2.24) is 15.5 Å². The largest absolute Gasteiger partial charge is 0.317 e. The van der Waals surface area contributed by atoms with Gasteiger partial charge in [0.25, 0.3) is 0 Å². The van der Waals surface area contributed by atoms with Crippen LogP contribution in [0.25, 0.3) is 0 Å². The molecule has 4 aliphatic rings. The molecule has 3 heterocycles. The highest BCUT2D eigenvalue weighted by Crippen LogP contribution is 2.46. The van der Waals surface area contributed by atoms with Crippen molar-refractivity contribution in [2.75, 3.05) is 26.2 Å². The van der Waals surface area contributed by atoms with Crippen molar-refractivity contribution in [2.24, 2.45) is 5.41 Å². The number of fused-ring (bicyclic) bond motifs is 2. The molecule has 20 heavy (non-hydrogen) atoms. The maximum absolute atomic E-state index is 3.65. The standard InChI is InChI=1S/C17H31N3/c1-2-16-13-19-10-5-14(1)20(16)15-3-6-17(7-4-15)8-11-18-12-9-17/h14-16,18-19H,1-13H2/t14-,16+/m1/s1. The Bertz CT molecular complexity index is 313. The van der Waals surface area contributed by atoms with E-state index in [1.54, 1.807) is 0 Å².